The zero-order chi connectivity index (χ0) is 14.3. The Labute approximate surface area is 110 Å². The maximum Gasteiger partial charge on any atom is 0.329 e. The van der Waals surface area contributed by atoms with Crippen molar-refractivity contribution in [2.75, 3.05) is 6.61 Å². The van der Waals surface area contributed by atoms with Crippen molar-refractivity contribution < 1.29 is 19.1 Å². The molecular weight excluding hydrogens is 250 g/mol. The first-order valence-corrected chi connectivity index (χ1v) is 5.56. The Kier molecular flexibility index (Phi) is 5.49. The van der Waals surface area contributed by atoms with Gasteiger partial charge in [-0.25, -0.2) is 9.59 Å². The van der Waals surface area contributed by atoms with Crippen molar-refractivity contribution >= 4 is 18.0 Å². The number of benzene rings is 1. The van der Waals surface area contributed by atoms with Crippen LogP contribution in [-0.4, -0.2) is 29.5 Å². The maximum absolute atomic E-state index is 11.5. The number of imide groups is 3. The molecule has 0 aliphatic rings. The first-order valence-electron chi connectivity index (χ1n) is 5.56. The van der Waals surface area contributed by atoms with E-state index in [1.165, 1.54) is 0 Å². The number of nitrogens with zero attached hydrogens (tertiary/aromatic N) is 1. The van der Waals surface area contributed by atoms with E-state index in [1.54, 1.807) is 0 Å². The van der Waals surface area contributed by atoms with E-state index in [0.29, 0.717) is 6.61 Å². The molecule has 0 unspecified atom stereocenters. The minimum absolute atomic E-state index is 0.0603. The Morgan fingerprint density at radius 1 is 1.05 bits per heavy atom. The molecule has 0 atom stereocenters. The van der Waals surface area contributed by atoms with Crippen molar-refractivity contribution in [2.45, 2.75) is 13.0 Å². The predicted octanol–water partition coefficient (Wildman–Crippen LogP) is 0.579. The lowest BCUT2D eigenvalue weighted by molar-refractivity contribution is -0.126. The van der Waals surface area contributed by atoms with Crippen LogP contribution in [0.5, 0.6) is 0 Å². The number of carbonyl (C=O) groups excluding carboxylic acids is 3. The zero-order valence-electron chi connectivity index (χ0n) is 10.2. The Morgan fingerprint density at radius 3 is 2.16 bits per heavy atom. The highest BCUT2D eigenvalue weighted by molar-refractivity contribution is 6.08. The first-order chi connectivity index (χ1) is 9.02. The summed E-state index contributed by atoms with van der Waals surface area (Å²) in [5, 5.41) is 0. The summed E-state index contributed by atoms with van der Waals surface area (Å²) in [4.78, 5) is 33.3. The van der Waals surface area contributed by atoms with Crippen LogP contribution in [0.25, 0.3) is 0 Å². The summed E-state index contributed by atoms with van der Waals surface area (Å²) < 4.78 is 5.25. The van der Waals surface area contributed by atoms with E-state index in [-0.39, 0.29) is 17.9 Å². The van der Waals surface area contributed by atoms with E-state index in [1.807, 2.05) is 30.3 Å². The second-order valence-electron chi connectivity index (χ2n) is 3.69. The van der Waals surface area contributed by atoms with E-state index in [2.05, 4.69) is 0 Å². The van der Waals surface area contributed by atoms with Crippen LogP contribution in [0.1, 0.15) is 12.0 Å². The molecule has 0 aromatic heterocycles. The number of ether oxygens (including phenoxy) is 1. The Morgan fingerprint density at radius 2 is 1.63 bits per heavy atom. The molecule has 0 aliphatic carbocycles. The Hall–Kier alpha value is -2.41. The van der Waals surface area contributed by atoms with Crippen LogP contribution in [0, 0.1) is 0 Å². The molecule has 0 fully saturated rings. The van der Waals surface area contributed by atoms with Gasteiger partial charge in [-0.1, -0.05) is 30.3 Å². The summed E-state index contributed by atoms with van der Waals surface area (Å²) >= 11 is 0. The molecule has 0 saturated carbocycles. The molecule has 102 valence electrons. The second-order valence-corrected chi connectivity index (χ2v) is 3.69. The predicted molar refractivity (Wildman–Crippen MR) is 66.7 cm³/mol. The fourth-order valence-corrected chi connectivity index (χ4v) is 1.39. The SMILES string of the molecule is NC(=O)N(C(N)=O)C(=O)CCOCc1ccccc1. The van der Waals surface area contributed by atoms with E-state index < -0.39 is 18.0 Å². The number of nitrogens with two attached hydrogens (primary N) is 2. The van der Waals surface area contributed by atoms with Crippen LogP contribution in [0.3, 0.4) is 0 Å². The molecule has 19 heavy (non-hydrogen) atoms. The van der Waals surface area contributed by atoms with Crippen molar-refractivity contribution in [3.05, 3.63) is 35.9 Å². The molecule has 1 aromatic carbocycles. The van der Waals surface area contributed by atoms with Gasteiger partial charge in [0.1, 0.15) is 0 Å². The van der Waals surface area contributed by atoms with Crippen molar-refractivity contribution in [2.24, 2.45) is 11.5 Å². The van der Waals surface area contributed by atoms with Gasteiger partial charge < -0.3 is 16.2 Å². The third-order valence-corrected chi connectivity index (χ3v) is 2.26. The number of rotatable bonds is 5. The van der Waals surface area contributed by atoms with Gasteiger partial charge in [0.05, 0.1) is 19.6 Å². The summed E-state index contributed by atoms with van der Waals surface area (Å²) in [7, 11) is 0. The molecule has 1 aromatic rings. The van der Waals surface area contributed by atoms with E-state index in [9.17, 15) is 14.4 Å². The molecule has 0 spiro atoms. The maximum atomic E-state index is 11.5. The van der Waals surface area contributed by atoms with Crippen molar-refractivity contribution in [3.63, 3.8) is 0 Å². The van der Waals surface area contributed by atoms with Gasteiger partial charge >= 0.3 is 12.1 Å². The zero-order valence-corrected chi connectivity index (χ0v) is 10.2. The third-order valence-electron chi connectivity index (χ3n) is 2.26. The monoisotopic (exact) mass is 265 g/mol. The number of primary amides is 2. The molecule has 1 rings (SSSR count). The number of urea groups is 2. The van der Waals surface area contributed by atoms with Crippen LogP contribution >= 0.6 is 0 Å². The standard InChI is InChI=1S/C12H15N3O4/c13-11(17)15(12(14)18)10(16)6-7-19-8-9-4-2-1-3-5-9/h1-5H,6-8H2,(H2,13,17)(H2,14,18). The Balaban J connectivity index is 2.34. The molecule has 4 N–H and O–H groups in total. The Bertz CT molecular complexity index is 447. The van der Waals surface area contributed by atoms with Gasteiger partial charge in [-0.15, -0.1) is 0 Å². The van der Waals surface area contributed by atoms with Crippen LogP contribution in [-0.2, 0) is 16.1 Å². The fraction of sp³-hybridized carbons (Fsp3) is 0.250. The summed E-state index contributed by atoms with van der Waals surface area (Å²) in [6.07, 6.45) is -0.154. The minimum Gasteiger partial charge on any atom is -0.376 e. The van der Waals surface area contributed by atoms with Crippen LogP contribution in [0.15, 0.2) is 30.3 Å². The van der Waals surface area contributed by atoms with Crippen molar-refractivity contribution in [3.8, 4) is 0 Å². The molecule has 0 radical (unpaired) electrons. The van der Waals surface area contributed by atoms with Gasteiger partial charge in [-0.05, 0) is 5.56 Å². The highest BCUT2D eigenvalue weighted by atomic mass is 16.5. The summed E-state index contributed by atoms with van der Waals surface area (Å²) in [5.41, 5.74) is 10.7. The highest BCUT2D eigenvalue weighted by Gasteiger charge is 2.23. The lowest BCUT2D eigenvalue weighted by atomic mass is 10.2. The van der Waals surface area contributed by atoms with Gasteiger partial charge in [0.15, 0.2) is 0 Å². The first kappa shape index (κ1) is 14.7. The number of amides is 5. The second kappa shape index (κ2) is 7.12. The highest BCUT2D eigenvalue weighted by Crippen LogP contribution is 2.02. The van der Waals surface area contributed by atoms with Crippen molar-refractivity contribution in [1.82, 2.24) is 4.90 Å². The summed E-state index contributed by atoms with van der Waals surface area (Å²) in [6, 6.07) is 6.98. The molecule has 0 bridgehead atoms. The van der Waals surface area contributed by atoms with Gasteiger partial charge in [0.25, 0.3) is 0 Å². The average molecular weight is 265 g/mol. The van der Waals surface area contributed by atoms with Gasteiger partial charge in [0, 0.05) is 0 Å². The topological polar surface area (TPSA) is 116 Å². The summed E-state index contributed by atoms with van der Waals surface area (Å²) in [6.45, 7) is 0.395. The van der Waals surface area contributed by atoms with Gasteiger partial charge in [0.2, 0.25) is 5.91 Å². The normalized spacial score (nSPS) is 9.89. The van der Waals surface area contributed by atoms with Gasteiger partial charge in [-0.3, -0.25) is 4.79 Å². The molecule has 0 saturated heterocycles. The quantitative estimate of drug-likeness (QED) is 0.757. The van der Waals surface area contributed by atoms with Gasteiger partial charge in [-0.2, -0.15) is 4.90 Å². The van der Waals surface area contributed by atoms with E-state index >= 15 is 0 Å². The fourth-order valence-electron chi connectivity index (χ4n) is 1.39. The van der Waals surface area contributed by atoms with Crippen LogP contribution in [0.4, 0.5) is 9.59 Å². The van der Waals surface area contributed by atoms with E-state index in [0.717, 1.165) is 5.56 Å². The third kappa shape index (κ3) is 4.76. The smallest absolute Gasteiger partial charge is 0.329 e. The lowest BCUT2D eigenvalue weighted by Gasteiger charge is -2.13. The number of hydrogen-bond donors (Lipinski definition) is 2. The average Bonchev–Trinajstić information content (AvgIpc) is 2.35. The molecule has 5 amide bonds. The summed E-state index contributed by atoms with van der Waals surface area (Å²) in [5.74, 6) is -0.784. The lowest BCUT2D eigenvalue weighted by Crippen LogP contribution is -2.48. The molecule has 0 heterocycles. The molecule has 7 heteroatoms. The largest absolute Gasteiger partial charge is 0.376 e. The van der Waals surface area contributed by atoms with Crippen LogP contribution in [0.2, 0.25) is 0 Å². The number of carbonyl (C=O) groups is 3. The molecule has 0 aliphatic heterocycles. The minimum atomic E-state index is -1.19. The number of hydrogen-bond acceptors (Lipinski definition) is 4. The van der Waals surface area contributed by atoms with E-state index in [4.69, 9.17) is 16.2 Å². The van der Waals surface area contributed by atoms with Crippen LogP contribution < -0.4 is 11.5 Å². The van der Waals surface area contributed by atoms with Crippen molar-refractivity contribution in [1.29, 1.82) is 0 Å². The molecule has 7 nitrogen and oxygen atoms in total. The molecular formula is C12H15N3O4.